The van der Waals surface area contributed by atoms with Gasteiger partial charge < -0.3 is 5.73 Å². The van der Waals surface area contributed by atoms with Crippen LogP contribution in [-0.2, 0) is 27.7 Å². The van der Waals surface area contributed by atoms with Crippen LogP contribution in [0.3, 0.4) is 0 Å². The number of aryl methyl sites for hydroxylation is 2. The van der Waals surface area contributed by atoms with E-state index in [1.807, 2.05) is 36.4 Å². The van der Waals surface area contributed by atoms with Gasteiger partial charge in [-0.2, -0.15) is 0 Å². The highest BCUT2D eigenvalue weighted by atomic mass is 32.2. The Kier molecular flexibility index (Phi) is 4.07. The first kappa shape index (κ1) is 16.8. The van der Waals surface area contributed by atoms with Gasteiger partial charge in [0.05, 0.1) is 10.6 Å². The predicted molar refractivity (Wildman–Crippen MR) is 102 cm³/mol. The Morgan fingerprint density at radius 3 is 2.42 bits per heavy atom. The molecule has 0 spiro atoms. The Labute approximate surface area is 153 Å². The van der Waals surface area contributed by atoms with E-state index in [1.165, 1.54) is 4.31 Å². The molecule has 2 N–H and O–H groups in total. The number of anilines is 1. The van der Waals surface area contributed by atoms with E-state index in [1.54, 1.807) is 18.2 Å². The third-order valence-electron chi connectivity index (χ3n) is 5.13. The normalized spacial score (nSPS) is 19.3. The maximum atomic E-state index is 13.5. The molecule has 2 aromatic rings. The summed E-state index contributed by atoms with van der Waals surface area (Å²) in [5, 5.41) is 0. The van der Waals surface area contributed by atoms with Gasteiger partial charge in [-0.1, -0.05) is 42.5 Å². The molecule has 6 heteroatoms. The lowest BCUT2D eigenvalue weighted by Crippen LogP contribution is -2.51. The molecule has 0 bridgehead atoms. The summed E-state index contributed by atoms with van der Waals surface area (Å²) in [6.45, 7) is 0. The minimum atomic E-state index is -3.84. The number of fused-ring (bicyclic) bond motifs is 2. The molecule has 0 radical (unpaired) electrons. The second-order valence-corrected chi connectivity index (χ2v) is 8.56. The van der Waals surface area contributed by atoms with Crippen molar-refractivity contribution in [2.24, 2.45) is 5.73 Å². The van der Waals surface area contributed by atoms with E-state index < -0.39 is 22.0 Å². The summed E-state index contributed by atoms with van der Waals surface area (Å²) in [5.74, 6) is -0.611. The molecule has 5 nitrogen and oxygen atoms in total. The number of hydrogen-bond acceptors (Lipinski definition) is 3. The molecule has 1 heterocycles. The summed E-state index contributed by atoms with van der Waals surface area (Å²) < 4.78 is 28.2. The van der Waals surface area contributed by atoms with Gasteiger partial charge in [-0.05, 0) is 54.5 Å². The van der Waals surface area contributed by atoms with Crippen molar-refractivity contribution in [2.45, 2.75) is 31.7 Å². The average molecular weight is 368 g/mol. The van der Waals surface area contributed by atoms with Crippen LogP contribution in [-0.4, -0.2) is 20.4 Å². The second-order valence-electron chi connectivity index (χ2n) is 6.70. The molecule has 0 fully saturated rings. The lowest BCUT2D eigenvalue weighted by Gasteiger charge is -2.37. The number of hydrogen-bond donors (Lipinski definition) is 1. The van der Waals surface area contributed by atoms with Gasteiger partial charge in [0.15, 0.2) is 0 Å². The largest absolute Gasteiger partial charge is 0.368 e. The van der Waals surface area contributed by atoms with E-state index in [0.717, 1.165) is 16.7 Å². The van der Waals surface area contributed by atoms with Crippen molar-refractivity contribution in [1.82, 2.24) is 0 Å². The van der Waals surface area contributed by atoms with Crippen LogP contribution in [0, 0.1) is 0 Å². The summed E-state index contributed by atoms with van der Waals surface area (Å²) in [6, 6.07) is 14.2. The number of allylic oxidation sites excluding steroid dienone is 1. The Bertz CT molecular complexity index is 1010. The van der Waals surface area contributed by atoms with Gasteiger partial charge in [0.1, 0.15) is 6.04 Å². The van der Waals surface area contributed by atoms with E-state index in [9.17, 15) is 13.2 Å². The smallest absolute Gasteiger partial charge is 0.261 e. The number of nitrogens with zero attached hydrogens (tertiary/aromatic N) is 1. The Morgan fingerprint density at radius 2 is 1.65 bits per heavy atom. The number of carbonyl (C=O) groups is 1. The van der Waals surface area contributed by atoms with Crippen molar-refractivity contribution in [2.75, 3.05) is 4.31 Å². The molecule has 1 aliphatic carbocycles. The number of nitrogens with two attached hydrogens (primary N) is 1. The van der Waals surface area contributed by atoms with Crippen LogP contribution in [0.5, 0.6) is 0 Å². The van der Waals surface area contributed by atoms with Gasteiger partial charge in [-0.3, -0.25) is 9.10 Å². The highest BCUT2D eigenvalue weighted by Gasteiger charge is 2.40. The molecule has 0 unspecified atom stereocenters. The van der Waals surface area contributed by atoms with E-state index in [2.05, 4.69) is 0 Å². The molecule has 1 aliphatic heterocycles. The Hall–Kier alpha value is -2.60. The SMILES string of the molecule is NC(=O)[C@@H]1CCc2ccccc2N1S(=O)(=O)C1=Cc2ccccc2CC1. The van der Waals surface area contributed by atoms with Crippen molar-refractivity contribution in [3.05, 3.63) is 70.1 Å². The number of amides is 1. The molecule has 1 amide bonds. The second kappa shape index (κ2) is 6.29. The summed E-state index contributed by atoms with van der Waals surface area (Å²) in [5.41, 5.74) is 9.08. The zero-order valence-corrected chi connectivity index (χ0v) is 15.1. The van der Waals surface area contributed by atoms with Gasteiger partial charge in [-0.25, -0.2) is 8.42 Å². The summed E-state index contributed by atoms with van der Waals surface area (Å²) in [6.07, 6.45) is 3.85. The van der Waals surface area contributed by atoms with Gasteiger partial charge in [-0.15, -0.1) is 0 Å². The zero-order chi connectivity index (χ0) is 18.3. The number of sulfonamides is 1. The number of primary amides is 1. The van der Waals surface area contributed by atoms with Gasteiger partial charge in [0.25, 0.3) is 10.0 Å². The lowest BCUT2D eigenvalue weighted by molar-refractivity contribution is -0.119. The van der Waals surface area contributed by atoms with E-state index in [0.29, 0.717) is 36.3 Å². The first-order chi connectivity index (χ1) is 12.5. The molecular weight excluding hydrogens is 348 g/mol. The van der Waals surface area contributed by atoms with Crippen LogP contribution < -0.4 is 10.0 Å². The van der Waals surface area contributed by atoms with Crippen LogP contribution in [0.2, 0.25) is 0 Å². The maximum Gasteiger partial charge on any atom is 0.261 e. The third-order valence-corrected chi connectivity index (χ3v) is 7.08. The van der Waals surface area contributed by atoms with Gasteiger partial charge >= 0.3 is 0 Å². The van der Waals surface area contributed by atoms with Gasteiger partial charge in [0.2, 0.25) is 5.91 Å². The first-order valence-electron chi connectivity index (χ1n) is 8.68. The van der Waals surface area contributed by atoms with Crippen LogP contribution >= 0.6 is 0 Å². The van der Waals surface area contributed by atoms with E-state index in [4.69, 9.17) is 5.73 Å². The summed E-state index contributed by atoms with van der Waals surface area (Å²) in [7, 11) is -3.84. The molecule has 4 rings (SSSR count). The average Bonchev–Trinajstić information content (AvgIpc) is 2.66. The Balaban J connectivity index is 1.84. The third kappa shape index (κ3) is 2.70. The number of benzene rings is 2. The quantitative estimate of drug-likeness (QED) is 0.904. The highest BCUT2D eigenvalue weighted by molar-refractivity contribution is 7.96. The van der Waals surface area contributed by atoms with Crippen molar-refractivity contribution in [3.8, 4) is 0 Å². The van der Waals surface area contributed by atoms with E-state index >= 15 is 0 Å². The molecule has 2 aromatic carbocycles. The van der Waals surface area contributed by atoms with Crippen LogP contribution in [0.25, 0.3) is 6.08 Å². The molecular formula is C20H20N2O3S. The highest BCUT2D eigenvalue weighted by Crippen LogP contribution is 2.37. The molecule has 134 valence electrons. The van der Waals surface area contributed by atoms with Crippen molar-refractivity contribution >= 4 is 27.7 Å². The number of para-hydroxylation sites is 1. The van der Waals surface area contributed by atoms with Crippen molar-refractivity contribution in [3.63, 3.8) is 0 Å². The topological polar surface area (TPSA) is 80.5 Å². The van der Waals surface area contributed by atoms with Gasteiger partial charge in [0, 0.05) is 0 Å². The fourth-order valence-electron chi connectivity index (χ4n) is 3.81. The fourth-order valence-corrected chi connectivity index (χ4v) is 5.68. The van der Waals surface area contributed by atoms with Crippen molar-refractivity contribution < 1.29 is 13.2 Å². The van der Waals surface area contributed by atoms with Crippen LogP contribution in [0.4, 0.5) is 5.69 Å². The fraction of sp³-hybridized carbons (Fsp3) is 0.250. The van der Waals surface area contributed by atoms with Crippen LogP contribution in [0.1, 0.15) is 29.5 Å². The molecule has 26 heavy (non-hydrogen) atoms. The van der Waals surface area contributed by atoms with Crippen LogP contribution in [0.15, 0.2) is 53.4 Å². The summed E-state index contributed by atoms with van der Waals surface area (Å²) in [4.78, 5) is 12.3. The molecule has 0 aromatic heterocycles. The molecule has 1 atom stereocenters. The maximum absolute atomic E-state index is 13.5. The summed E-state index contributed by atoms with van der Waals surface area (Å²) >= 11 is 0. The van der Waals surface area contributed by atoms with E-state index in [-0.39, 0.29) is 0 Å². The van der Waals surface area contributed by atoms with Crippen molar-refractivity contribution in [1.29, 1.82) is 0 Å². The zero-order valence-electron chi connectivity index (χ0n) is 14.3. The standard InChI is InChI=1S/C20H20N2O3S/c21-20(23)19-12-10-15-6-3-4-8-18(15)22(19)26(24,25)17-11-9-14-5-1-2-7-16(14)13-17/h1-8,13,19H,9-12H2,(H2,21,23)/t19-/m0/s1. The number of rotatable bonds is 3. The molecule has 2 aliphatic rings. The number of carbonyl (C=O) groups excluding carboxylic acids is 1. The Morgan fingerprint density at radius 1 is 0.962 bits per heavy atom. The molecule has 0 saturated heterocycles. The minimum absolute atomic E-state index is 0.333. The predicted octanol–water partition coefficient (Wildman–Crippen LogP) is 2.61. The monoisotopic (exact) mass is 368 g/mol. The molecule has 0 saturated carbocycles. The lowest BCUT2D eigenvalue weighted by atomic mass is 9.97. The first-order valence-corrected chi connectivity index (χ1v) is 10.1. The minimum Gasteiger partial charge on any atom is -0.368 e.